The van der Waals surface area contributed by atoms with Crippen LogP contribution in [0.15, 0.2) is 18.2 Å². The second-order valence-electron chi connectivity index (χ2n) is 11.8. The predicted octanol–water partition coefficient (Wildman–Crippen LogP) is 7.31. The predicted molar refractivity (Wildman–Crippen MR) is 126 cm³/mol. The van der Waals surface area contributed by atoms with Crippen LogP contribution >= 0.6 is 11.6 Å². The van der Waals surface area contributed by atoms with Crippen molar-refractivity contribution in [2.24, 2.45) is 23.7 Å². The van der Waals surface area contributed by atoms with Gasteiger partial charge in [-0.2, -0.15) is 0 Å². The van der Waals surface area contributed by atoms with Crippen molar-refractivity contribution < 1.29 is 4.79 Å². The molecule has 6 aliphatic carbocycles. The molecule has 0 aliphatic heterocycles. The third-order valence-electron chi connectivity index (χ3n) is 9.77. The van der Waals surface area contributed by atoms with E-state index in [1.54, 1.807) is 0 Å². The molecule has 2 unspecified atom stereocenters. The summed E-state index contributed by atoms with van der Waals surface area (Å²) >= 11 is 6.77. The van der Waals surface area contributed by atoms with Gasteiger partial charge in [0.05, 0.1) is 0 Å². The van der Waals surface area contributed by atoms with Gasteiger partial charge < -0.3 is 4.90 Å². The van der Waals surface area contributed by atoms with Crippen LogP contribution in [0.5, 0.6) is 0 Å². The molecule has 1 aromatic carbocycles. The molecule has 0 spiro atoms. The summed E-state index contributed by atoms with van der Waals surface area (Å²) in [7, 11) is 0. The molecule has 2 nitrogen and oxygen atoms in total. The fourth-order valence-corrected chi connectivity index (χ4v) is 9.02. The fraction of sp³-hybridized carbons (Fsp3) is 0.750. The molecule has 168 valence electrons. The summed E-state index contributed by atoms with van der Waals surface area (Å²) in [6, 6.07) is 6.77. The molecule has 31 heavy (non-hydrogen) atoms. The number of carbonyl (C=O) groups excluding carboxylic acids is 1. The molecule has 6 saturated carbocycles. The lowest BCUT2D eigenvalue weighted by Crippen LogP contribution is -2.61. The van der Waals surface area contributed by atoms with E-state index in [0.29, 0.717) is 17.7 Å². The fourth-order valence-electron chi connectivity index (χ4n) is 8.68. The van der Waals surface area contributed by atoms with Gasteiger partial charge in [-0.3, -0.25) is 4.79 Å². The number of rotatable bonds is 5. The summed E-state index contributed by atoms with van der Waals surface area (Å²) in [6.07, 6.45) is 15.7. The molecule has 3 heteroatoms. The molecule has 0 radical (unpaired) electrons. The Morgan fingerprint density at radius 1 is 1.00 bits per heavy atom. The van der Waals surface area contributed by atoms with Gasteiger partial charge in [0.1, 0.15) is 0 Å². The van der Waals surface area contributed by atoms with Crippen molar-refractivity contribution in [2.45, 2.75) is 101 Å². The lowest BCUT2D eigenvalue weighted by molar-refractivity contribution is -0.151. The summed E-state index contributed by atoms with van der Waals surface area (Å²) in [4.78, 5) is 16.1. The Morgan fingerprint density at radius 2 is 1.65 bits per heavy atom. The van der Waals surface area contributed by atoms with Crippen LogP contribution < -0.4 is 0 Å². The average molecular weight is 440 g/mol. The quantitative estimate of drug-likeness (QED) is 0.471. The largest absolute Gasteiger partial charge is 0.337 e. The van der Waals surface area contributed by atoms with E-state index in [2.05, 4.69) is 30.0 Å². The van der Waals surface area contributed by atoms with Crippen molar-refractivity contribution in [1.82, 2.24) is 4.90 Å². The number of halogens is 1. The minimum Gasteiger partial charge on any atom is -0.337 e. The first-order valence-electron chi connectivity index (χ1n) is 13.2. The van der Waals surface area contributed by atoms with Crippen LogP contribution in [-0.4, -0.2) is 22.9 Å². The number of nitrogens with zero attached hydrogens (tertiary/aromatic N) is 1. The Bertz CT molecular complexity index is 821. The number of hydrogen-bond donors (Lipinski definition) is 0. The highest BCUT2D eigenvalue weighted by Crippen LogP contribution is 2.59. The Balaban J connectivity index is 1.17. The highest BCUT2D eigenvalue weighted by molar-refractivity contribution is 6.31. The zero-order valence-electron chi connectivity index (χ0n) is 19.1. The van der Waals surface area contributed by atoms with Crippen LogP contribution in [0.2, 0.25) is 5.02 Å². The van der Waals surface area contributed by atoms with E-state index in [4.69, 9.17) is 11.6 Å². The van der Waals surface area contributed by atoms with Gasteiger partial charge in [0.25, 0.3) is 0 Å². The number of amides is 1. The van der Waals surface area contributed by atoms with E-state index in [0.717, 1.165) is 35.7 Å². The Kier molecular flexibility index (Phi) is 5.17. The SMILES string of the molecule is CCN(C(=O)C1CC1c1ccc(C2CCCCC2)c(Cl)c1)C12CC3CC(CC(C3)C1)C2. The molecular formula is C28H38ClNO. The van der Waals surface area contributed by atoms with Crippen LogP contribution in [0.1, 0.15) is 107 Å². The van der Waals surface area contributed by atoms with Crippen LogP contribution in [-0.2, 0) is 4.79 Å². The topological polar surface area (TPSA) is 20.3 Å². The molecule has 0 saturated heterocycles. The summed E-state index contributed by atoms with van der Waals surface area (Å²) in [5, 5.41) is 0.941. The van der Waals surface area contributed by atoms with Crippen molar-refractivity contribution in [1.29, 1.82) is 0 Å². The van der Waals surface area contributed by atoms with Crippen molar-refractivity contribution in [2.75, 3.05) is 6.54 Å². The summed E-state index contributed by atoms with van der Waals surface area (Å²) in [5.74, 6) is 4.30. The van der Waals surface area contributed by atoms with Crippen molar-refractivity contribution in [3.05, 3.63) is 34.3 Å². The van der Waals surface area contributed by atoms with Gasteiger partial charge in [-0.25, -0.2) is 0 Å². The molecule has 7 rings (SSSR count). The average Bonchev–Trinajstić information content (AvgIpc) is 3.54. The second-order valence-corrected chi connectivity index (χ2v) is 12.2. The third kappa shape index (κ3) is 3.56. The lowest BCUT2D eigenvalue weighted by atomic mass is 9.52. The Hall–Kier alpha value is -1.02. The summed E-state index contributed by atoms with van der Waals surface area (Å²) in [5.41, 5.74) is 2.83. The number of carbonyl (C=O) groups is 1. The van der Waals surface area contributed by atoms with E-state index < -0.39 is 0 Å². The maximum Gasteiger partial charge on any atom is 0.226 e. The van der Waals surface area contributed by atoms with Crippen LogP contribution in [0, 0.1) is 23.7 Å². The third-order valence-corrected chi connectivity index (χ3v) is 10.1. The maximum atomic E-state index is 13.7. The van der Waals surface area contributed by atoms with Gasteiger partial charge in [0, 0.05) is 23.0 Å². The Labute approximate surface area is 193 Å². The number of benzene rings is 1. The minimum absolute atomic E-state index is 0.185. The minimum atomic E-state index is 0.185. The summed E-state index contributed by atoms with van der Waals surface area (Å²) < 4.78 is 0. The smallest absolute Gasteiger partial charge is 0.226 e. The van der Waals surface area contributed by atoms with Crippen LogP contribution in [0.4, 0.5) is 0 Å². The molecular weight excluding hydrogens is 402 g/mol. The van der Waals surface area contributed by atoms with Gasteiger partial charge in [-0.05, 0) is 111 Å². The molecule has 0 heterocycles. The number of hydrogen-bond acceptors (Lipinski definition) is 1. The molecule has 2 atom stereocenters. The molecule has 4 bridgehead atoms. The standard InChI is InChI=1S/C28H38ClNO/c1-2-30(28-15-18-10-19(16-28)12-20(11-18)17-28)27(31)25-14-24(25)22-8-9-23(26(29)13-22)21-6-4-3-5-7-21/h8-9,13,18-21,24-25H,2-7,10-12,14-17H2,1H3. The monoisotopic (exact) mass is 439 g/mol. The first-order valence-corrected chi connectivity index (χ1v) is 13.5. The molecule has 6 aliphatic rings. The first-order chi connectivity index (χ1) is 15.1. The lowest BCUT2D eigenvalue weighted by Gasteiger charge is -2.60. The van der Waals surface area contributed by atoms with E-state index in [9.17, 15) is 4.79 Å². The highest BCUT2D eigenvalue weighted by atomic mass is 35.5. The molecule has 1 amide bonds. The normalized spacial score (nSPS) is 39.0. The molecule has 1 aromatic rings. The van der Waals surface area contributed by atoms with Crippen molar-refractivity contribution in [3.63, 3.8) is 0 Å². The van der Waals surface area contributed by atoms with Gasteiger partial charge in [-0.15, -0.1) is 0 Å². The van der Waals surface area contributed by atoms with Crippen molar-refractivity contribution >= 4 is 17.5 Å². The van der Waals surface area contributed by atoms with Gasteiger partial charge in [-0.1, -0.05) is 43.0 Å². The Morgan fingerprint density at radius 3 is 2.23 bits per heavy atom. The van der Waals surface area contributed by atoms with Gasteiger partial charge >= 0.3 is 0 Å². The van der Waals surface area contributed by atoms with Gasteiger partial charge in [0.2, 0.25) is 5.91 Å². The molecule has 6 fully saturated rings. The van der Waals surface area contributed by atoms with E-state index in [-0.39, 0.29) is 11.5 Å². The van der Waals surface area contributed by atoms with E-state index in [1.807, 2.05) is 0 Å². The highest BCUT2D eigenvalue weighted by Gasteiger charge is 2.57. The maximum absolute atomic E-state index is 13.7. The van der Waals surface area contributed by atoms with Gasteiger partial charge in [0.15, 0.2) is 0 Å². The first kappa shape index (κ1) is 20.6. The zero-order valence-corrected chi connectivity index (χ0v) is 19.9. The van der Waals surface area contributed by atoms with Crippen LogP contribution in [0.3, 0.4) is 0 Å². The molecule has 0 aromatic heterocycles. The second kappa shape index (κ2) is 7.79. The van der Waals surface area contributed by atoms with Crippen LogP contribution in [0.25, 0.3) is 0 Å². The van der Waals surface area contributed by atoms with E-state index in [1.165, 1.54) is 81.8 Å². The van der Waals surface area contributed by atoms with E-state index >= 15 is 0 Å². The summed E-state index contributed by atoms with van der Waals surface area (Å²) in [6.45, 7) is 3.10. The van der Waals surface area contributed by atoms with Crippen molar-refractivity contribution in [3.8, 4) is 0 Å². The zero-order chi connectivity index (χ0) is 21.2. The molecule has 0 N–H and O–H groups in total.